The molecule has 6 heteroatoms. The van der Waals surface area contributed by atoms with Crippen LogP contribution in [0.1, 0.15) is 0 Å². The van der Waals surface area contributed by atoms with Gasteiger partial charge in [-0.05, 0) is 12.1 Å². The average Bonchev–Trinajstić information content (AvgIpc) is 2.74. The van der Waals surface area contributed by atoms with Crippen molar-refractivity contribution < 1.29 is 4.98 Å². The fourth-order valence-corrected chi connectivity index (χ4v) is 1.73. The normalized spacial score (nSPS) is 10.8. The van der Waals surface area contributed by atoms with E-state index in [0.717, 1.165) is 5.56 Å². The van der Waals surface area contributed by atoms with Gasteiger partial charge in [0.25, 0.3) is 11.2 Å². The summed E-state index contributed by atoms with van der Waals surface area (Å²) in [6.07, 6.45) is 0. The molecule has 6 nitrogen and oxygen atoms in total. The summed E-state index contributed by atoms with van der Waals surface area (Å²) in [5.74, 6) is 0.674. The van der Waals surface area contributed by atoms with Gasteiger partial charge in [0.2, 0.25) is 11.3 Å². The van der Waals surface area contributed by atoms with Crippen molar-refractivity contribution in [2.45, 2.75) is 0 Å². The van der Waals surface area contributed by atoms with Gasteiger partial charge in [0.1, 0.15) is 0 Å². The standard InChI is InChI=1S/C11H8N4O2/c16-10-7-9(14-11(17)15-10)13-8(12-7)6-4-2-1-3-5-6/h1-5H,(H3,12,13,14,15,16,17)/p+1. The molecular weight excluding hydrogens is 220 g/mol. The molecule has 84 valence electrons. The van der Waals surface area contributed by atoms with E-state index in [1.165, 1.54) is 0 Å². The zero-order valence-electron chi connectivity index (χ0n) is 8.70. The highest BCUT2D eigenvalue weighted by Gasteiger charge is 2.14. The van der Waals surface area contributed by atoms with Gasteiger partial charge in [-0.3, -0.25) is 14.8 Å². The number of fused-ring (bicyclic) bond motifs is 1. The Hall–Kier alpha value is -2.63. The second-order valence-electron chi connectivity index (χ2n) is 3.65. The number of imidazole rings is 1. The maximum absolute atomic E-state index is 11.5. The van der Waals surface area contributed by atoms with Gasteiger partial charge in [-0.2, -0.15) is 0 Å². The number of rotatable bonds is 1. The van der Waals surface area contributed by atoms with E-state index < -0.39 is 11.2 Å². The Bertz CT molecular complexity index is 782. The number of H-pyrrole nitrogens is 4. The number of hydrogen-bond donors (Lipinski definition) is 3. The summed E-state index contributed by atoms with van der Waals surface area (Å²) in [5.41, 5.74) is 0.643. The molecule has 0 aliphatic carbocycles. The number of hydrogen-bond acceptors (Lipinski definition) is 2. The van der Waals surface area contributed by atoms with Crippen LogP contribution in [0.2, 0.25) is 0 Å². The summed E-state index contributed by atoms with van der Waals surface area (Å²) in [5, 5.41) is 0. The molecule has 0 amide bonds. The molecule has 3 rings (SSSR count). The SMILES string of the molecule is O=c1[nH]c(=O)c2[nH]c(-c3ccccc3)[nH+]c2[nH]1. The Kier molecular flexibility index (Phi) is 1.94. The Morgan fingerprint density at radius 2 is 1.71 bits per heavy atom. The van der Waals surface area contributed by atoms with Crippen molar-refractivity contribution in [2.75, 3.05) is 0 Å². The van der Waals surface area contributed by atoms with E-state index in [-0.39, 0.29) is 0 Å². The smallest absolute Gasteiger partial charge is 0.265 e. The Balaban J connectivity index is 2.31. The zero-order chi connectivity index (χ0) is 11.8. The van der Waals surface area contributed by atoms with Crippen LogP contribution < -0.4 is 16.2 Å². The molecule has 0 unspecified atom stereocenters. The minimum Gasteiger partial charge on any atom is -0.265 e. The lowest BCUT2D eigenvalue weighted by molar-refractivity contribution is -0.333. The van der Waals surface area contributed by atoms with Crippen molar-refractivity contribution in [3.63, 3.8) is 0 Å². The maximum atomic E-state index is 11.5. The number of nitrogens with one attached hydrogen (secondary N) is 4. The molecule has 0 aliphatic heterocycles. The van der Waals surface area contributed by atoms with Crippen molar-refractivity contribution >= 4 is 11.2 Å². The summed E-state index contributed by atoms with van der Waals surface area (Å²) < 4.78 is 0. The third kappa shape index (κ3) is 1.55. The van der Waals surface area contributed by atoms with Crippen molar-refractivity contribution in [3.8, 4) is 11.4 Å². The van der Waals surface area contributed by atoms with Crippen LogP contribution in [0.4, 0.5) is 0 Å². The third-order valence-electron chi connectivity index (χ3n) is 2.51. The second-order valence-corrected chi connectivity index (χ2v) is 3.65. The fraction of sp³-hybridized carbons (Fsp3) is 0. The summed E-state index contributed by atoms with van der Waals surface area (Å²) >= 11 is 0. The van der Waals surface area contributed by atoms with Crippen molar-refractivity contribution in [1.82, 2.24) is 15.0 Å². The van der Waals surface area contributed by atoms with E-state index >= 15 is 0 Å². The predicted molar refractivity (Wildman–Crippen MR) is 61.5 cm³/mol. The number of benzene rings is 1. The highest BCUT2D eigenvalue weighted by atomic mass is 16.2. The molecule has 0 radical (unpaired) electrons. The van der Waals surface area contributed by atoms with Gasteiger partial charge in [0.05, 0.1) is 0 Å². The van der Waals surface area contributed by atoms with Gasteiger partial charge in [-0.15, -0.1) is 0 Å². The molecule has 1 aromatic carbocycles. The molecule has 0 atom stereocenters. The lowest BCUT2D eigenvalue weighted by Crippen LogP contribution is -2.23. The predicted octanol–water partition coefficient (Wildman–Crippen LogP) is 0.0256. The lowest BCUT2D eigenvalue weighted by Gasteiger charge is -1.89. The van der Waals surface area contributed by atoms with E-state index in [9.17, 15) is 9.59 Å². The van der Waals surface area contributed by atoms with Crippen LogP contribution in [0.5, 0.6) is 0 Å². The zero-order valence-corrected chi connectivity index (χ0v) is 8.70. The molecule has 0 spiro atoms. The second kappa shape index (κ2) is 3.44. The monoisotopic (exact) mass is 229 g/mol. The fourth-order valence-electron chi connectivity index (χ4n) is 1.73. The Morgan fingerprint density at radius 3 is 2.47 bits per heavy atom. The number of aromatic nitrogens is 4. The quantitative estimate of drug-likeness (QED) is 0.548. The molecule has 2 heterocycles. The largest absolute Gasteiger partial charge is 0.384 e. The summed E-state index contributed by atoms with van der Waals surface area (Å²) in [6, 6.07) is 9.48. The van der Waals surface area contributed by atoms with E-state index in [4.69, 9.17) is 0 Å². The first kappa shape index (κ1) is 9.59. The van der Waals surface area contributed by atoms with Crippen molar-refractivity contribution in [3.05, 3.63) is 51.2 Å². The summed E-state index contributed by atoms with van der Waals surface area (Å²) in [7, 11) is 0. The van der Waals surface area contributed by atoms with Crippen LogP contribution in [0.3, 0.4) is 0 Å². The molecule has 0 fully saturated rings. The van der Waals surface area contributed by atoms with Crippen LogP contribution in [0.25, 0.3) is 22.6 Å². The van der Waals surface area contributed by atoms with Crippen molar-refractivity contribution in [1.29, 1.82) is 0 Å². The molecule has 17 heavy (non-hydrogen) atoms. The van der Waals surface area contributed by atoms with Crippen LogP contribution in [-0.4, -0.2) is 15.0 Å². The van der Waals surface area contributed by atoms with Crippen LogP contribution in [0.15, 0.2) is 39.9 Å². The van der Waals surface area contributed by atoms with E-state index in [1.54, 1.807) is 0 Å². The van der Waals surface area contributed by atoms with Crippen LogP contribution in [-0.2, 0) is 0 Å². The number of aromatic amines is 4. The van der Waals surface area contributed by atoms with E-state index in [2.05, 4.69) is 19.9 Å². The van der Waals surface area contributed by atoms with Gasteiger partial charge >= 0.3 is 5.69 Å². The minimum absolute atomic E-state index is 0.323. The van der Waals surface area contributed by atoms with E-state index in [1.807, 2.05) is 30.3 Å². The maximum Gasteiger partial charge on any atom is 0.384 e. The molecule has 3 aromatic rings. The molecule has 0 bridgehead atoms. The van der Waals surface area contributed by atoms with Gasteiger partial charge < -0.3 is 0 Å². The minimum atomic E-state index is -0.530. The summed E-state index contributed by atoms with van der Waals surface area (Å²) in [4.78, 5) is 33.2. The van der Waals surface area contributed by atoms with E-state index in [0.29, 0.717) is 17.0 Å². The highest BCUT2D eigenvalue weighted by molar-refractivity contribution is 5.69. The Morgan fingerprint density at radius 1 is 0.941 bits per heavy atom. The molecular formula is C11H9N4O2+. The first-order valence-electron chi connectivity index (χ1n) is 5.07. The highest BCUT2D eigenvalue weighted by Crippen LogP contribution is 2.12. The van der Waals surface area contributed by atoms with Crippen LogP contribution >= 0.6 is 0 Å². The van der Waals surface area contributed by atoms with Gasteiger partial charge in [0, 0.05) is 5.56 Å². The first-order chi connectivity index (χ1) is 8.24. The topological polar surface area (TPSA) is 95.7 Å². The molecule has 4 N–H and O–H groups in total. The third-order valence-corrected chi connectivity index (χ3v) is 2.51. The van der Waals surface area contributed by atoms with Crippen LogP contribution in [0, 0.1) is 0 Å². The van der Waals surface area contributed by atoms with Crippen molar-refractivity contribution in [2.24, 2.45) is 0 Å². The molecule has 0 aliphatic rings. The summed E-state index contributed by atoms with van der Waals surface area (Å²) in [6.45, 7) is 0. The average molecular weight is 229 g/mol. The molecule has 0 saturated carbocycles. The lowest BCUT2D eigenvalue weighted by atomic mass is 10.2. The molecule has 0 saturated heterocycles. The van der Waals surface area contributed by atoms with Gasteiger partial charge in [0.15, 0.2) is 0 Å². The Labute approximate surface area is 94.4 Å². The van der Waals surface area contributed by atoms with Gasteiger partial charge in [-0.1, -0.05) is 18.2 Å². The first-order valence-corrected chi connectivity index (χ1v) is 5.07. The van der Waals surface area contributed by atoms with Gasteiger partial charge in [-0.25, -0.2) is 14.8 Å². The molecule has 2 aromatic heterocycles.